The molecule has 8 rings (SSSR count). The first-order valence-corrected chi connectivity index (χ1v) is 18.7. The van der Waals surface area contributed by atoms with E-state index in [9.17, 15) is 9.59 Å². The lowest BCUT2D eigenvalue weighted by atomic mass is 9.92. The number of rotatable bonds is 11. The number of hydrogen-bond acceptors (Lipinski definition) is 7. The molecule has 0 aliphatic carbocycles. The number of fused-ring (bicyclic) bond motifs is 6. The molecule has 0 unspecified atom stereocenters. The summed E-state index contributed by atoms with van der Waals surface area (Å²) in [5.41, 5.74) is 7.08. The Morgan fingerprint density at radius 1 is 0.846 bits per heavy atom. The molecule has 2 fully saturated rings. The van der Waals surface area contributed by atoms with Gasteiger partial charge in [0.25, 0.3) is 0 Å². The van der Waals surface area contributed by atoms with Crippen LogP contribution in [-0.4, -0.2) is 82.1 Å². The topological polar surface area (TPSA) is 126 Å². The van der Waals surface area contributed by atoms with E-state index in [1.165, 1.54) is 0 Å². The monoisotopic (exact) mass is 704 g/mol. The van der Waals surface area contributed by atoms with Gasteiger partial charge in [0.2, 0.25) is 11.8 Å². The minimum absolute atomic E-state index is 0.0839. The molecule has 2 aromatic heterocycles. The highest BCUT2D eigenvalue weighted by molar-refractivity contribution is 6.07. The largest absolute Gasteiger partial charge is 0.488 e. The van der Waals surface area contributed by atoms with Gasteiger partial charge in [0.1, 0.15) is 24.0 Å². The first-order chi connectivity index (χ1) is 25.4. The van der Waals surface area contributed by atoms with Crippen molar-refractivity contribution in [1.29, 1.82) is 0 Å². The Morgan fingerprint density at radius 2 is 1.54 bits per heavy atom. The maximum Gasteiger partial charge on any atom is 0.223 e. The van der Waals surface area contributed by atoms with Gasteiger partial charge in [0.05, 0.1) is 48.2 Å². The minimum Gasteiger partial charge on any atom is -0.488 e. The summed E-state index contributed by atoms with van der Waals surface area (Å²) in [5.74, 6) is 3.39. The Balaban J connectivity index is 1.07. The first-order valence-electron chi connectivity index (χ1n) is 18.7. The number of amides is 2. The highest BCUT2D eigenvalue weighted by Gasteiger charge is 2.39. The van der Waals surface area contributed by atoms with E-state index < -0.39 is 0 Å². The van der Waals surface area contributed by atoms with Gasteiger partial charge in [-0.1, -0.05) is 32.0 Å². The van der Waals surface area contributed by atoms with Crippen LogP contribution < -0.4 is 4.74 Å². The number of aromatic nitrogens is 4. The van der Waals surface area contributed by atoms with E-state index in [1.807, 2.05) is 29.8 Å². The molecule has 272 valence electrons. The van der Waals surface area contributed by atoms with Crippen LogP contribution in [0.5, 0.6) is 5.75 Å². The maximum absolute atomic E-state index is 13.1. The number of hydrogen-bond donors (Lipinski definition) is 2. The molecule has 2 saturated heterocycles. The average molecular weight is 705 g/mol. The van der Waals surface area contributed by atoms with E-state index in [0.29, 0.717) is 51.7 Å². The second-order valence-electron chi connectivity index (χ2n) is 14.7. The molecule has 0 spiro atoms. The summed E-state index contributed by atoms with van der Waals surface area (Å²) < 4.78 is 17.3. The summed E-state index contributed by atoms with van der Waals surface area (Å²) in [7, 11) is 3.43. The lowest BCUT2D eigenvalue weighted by Crippen LogP contribution is -2.31. The third-order valence-electron chi connectivity index (χ3n) is 11.1. The Hall–Kier alpha value is -4.74. The van der Waals surface area contributed by atoms with Crippen LogP contribution in [0.2, 0.25) is 0 Å². The van der Waals surface area contributed by atoms with Crippen LogP contribution in [-0.2, 0) is 25.7 Å². The maximum atomic E-state index is 13.1. The molecule has 3 aliphatic heterocycles. The van der Waals surface area contributed by atoms with Gasteiger partial charge in [-0.05, 0) is 72.0 Å². The predicted molar refractivity (Wildman–Crippen MR) is 200 cm³/mol. The molecule has 0 radical (unpaired) electrons. The third kappa shape index (κ3) is 6.23. The number of nitrogens with one attached hydrogen (secondary N) is 2. The standard InChI is InChI=1S/C41H48N6O5/c1-5-7-37(48)46-19-24(21-50-3)13-34(46)40-42-18-33(44-40)27-9-11-29-28(15-27)23-52-36-17-30-26(16-31(29)36)10-12-32-39(30)45-41(43-32)35-14-25(22-51-4)20-47(35)38(49)8-6-2/h9-12,15-18,24-25,34-35H,5-8,13-14,19-23H2,1-4H3,(H,42,44)(H,43,45)/t24-,25-,34-,35-/m0/s1. The highest BCUT2D eigenvalue weighted by atomic mass is 16.5. The second-order valence-corrected chi connectivity index (χ2v) is 14.7. The smallest absolute Gasteiger partial charge is 0.223 e. The van der Waals surface area contributed by atoms with Crippen LogP contribution in [0.1, 0.15) is 81.7 Å². The molecular formula is C41H48N6O5. The molecule has 52 heavy (non-hydrogen) atoms. The summed E-state index contributed by atoms with van der Waals surface area (Å²) in [6, 6.07) is 14.8. The number of likely N-dealkylation sites (tertiary alicyclic amines) is 2. The van der Waals surface area contributed by atoms with Crippen molar-refractivity contribution in [3.8, 4) is 28.1 Å². The van der Waals surface area contributed by atoms with Gasteiger partial charge in [-0.25, -0.2) is 9.97 Å². The average Bonchev–Trinajstić information content (AvgIpc) is 3.96. The molecule has 11 nitrogen and oxygen atoms in total. The molecule has 0 bridgehead atoms. The van der Waals surface area contributed by atoms with Crippen molar-refractivity contribution in [2.24, 2.45) is 11.8 Å². The zero-order chi connectivity index (χ0) is 35.9. The number of carbonyl (C=O) groups excluding carboxylic acids is 2. The Kier molecular flexibility index (Phi) is 9.48. The fourth-order valence-corrected chi connectivity index (χ4v) is 8.63. The quantitative estimate of drug-likeness (QED) is 0.147. The number of methoxy groups -OCH3 is 2. The van der Waals surface area contributed by atoms with Gasteiger partial charge < -0.3 is 34.0 Å². The van der Waals surface area contributed by atoms with Gasteiger partial charge in [0, 0.05) is 62.9 Å². The molecule has 11 heteroatoms. The van der Waals surface area contributed by atoms with Crippen molar-refractivity contribution >= 4 is 33.6 Å². The summed E-state index contributed by atoms with van der Waals surface area (Å²) in [5, 5.41) is 2.10. The molecule has 2 amide bonds. The van der Waals surface area contributed by atoms with Crippen LogP contribution in [0.4, 0.5) is 0 Å². The fourth-order valence-electron chi connectivity index (χ4n) is 8.63. The zero-order valence-electron chi connectivity index (χ0n) is 30.5. The van der Waals surface area contributed by atoms with Gasteiger partial charge in [-0.15, -0.1) is 0 Å². The summed E-state index contributed by atoms with van der Waals surface area (Å²) in [4.78, 5) is 47.1. The molecule has 2 N–H and O–H groups in total. The van der Waals surface area contributed by atoms with E-state index in [-0.39, 0.29) is 29.8 Å². The molecule has 3 aliphatic rings. The van der Waals surface area contributed by atoms with Gasteiger partial charge >= 0.3 is 0 Å². The Labute approximate surface area is 304 Å². The zero-order valence-corrected chi connectivity index (χ0v) is 30.5. The number of imidazole rings is 2. The summed E-state index contributed by atoms with van der Waals surface area (Å²) in [6.07, 6.45) is 6.24. The van der Waals surface area contributed by atoms with Crippen molar-refractivity contribution in [2.45, 2.75) is 71.1 Å². The van der Waals surface area contributed by atoms with E-state index in [4.69, 9.17) is 24.2 Å². The van der Waals surface area contributed by atoms with Crippen LogP contribution in [0.15, 0.2) is 48.7 Å². The second kappa shape index (κ2) is 14.4. The van der Waals surface area contributed by atoms with E-state index in [0.717, 1.165) is 92.8 Å². The molecular weight excluding hydrogens is 656 g/mol. The molecule has 4 atom stereocenters. The number of nitrogens with zero attached hydrogens (tertiary/aromatic N) is 4. The lowest BCUT2D eigenvalue weighted by molar-refractivity contribution is -0.133. The molecule has 5 heterocycles. The molecule has 0 saturated carbocycles. The van der Waals surface area contributed by atoms with Gasteiger partial charge in [-0.2, -0.15) is 0 Å². The van der Waals surface area contributed by atoms with Crippen molar-refractivity contribution < 1.29 is 23.8 Å². The van der Waals surface area contributed by atoms with E-state index >= 15 is 0 Å². The van der Waals surface area contributed by atoms with E-state index in [1.54, 1.807) is 14.2 Å². The number of H-pyrrole nitrogens is 2. The number of benzene rings is 3. The van der Waals surface area contributed by atoms with E-state index in [2.05, 4.69) is 52.4 Å². The van der Waals surface area contributed by atoms with Crippen LogP contribution >= 0.6 is 0 Å². The number of aromatic amines is 2. The highest BCUT2D eigenvalue weighted by Crippen LogP contribution is 2.44. The van der Waals surface area contributed by atoms with Crippen LogP contribution in [0, 0.1) is 11.8 Å². The summed E-state index contributed by atoms with van der Waals surface area (Å²) in [6.45, 7) is 7.17. The first kappa shape index (κ1) is 34.4. The van der Waals surface area contributed by atoms with Crippen molar-refractivity contribution in [1.82, 2.24) is 29.7 Å². The van der Waals surface area contributed by atoms with Crippen molar-refractivity contribution in [3.63, 3.8) is 0 Å². The fraction of sp³-hybridized carbons (Fsp3) is 0.463. The Morgan fingerprint density at radius 3 is 2.21 bits per heavy atom. The number of ether oxygens (including phenoxy) is 3. The van der Waals surface area contributed by atoms with Crippen molar-refractivity contribution in [3.05, 3.63) is 65.9 Å². The van der Waals surface area contributed by atoms with Crippen molar-refractivity contribution in [2.75, 3.05) is 40.5 Å². The third-order valence-corrected chi connectivity index (χ3v) is 11.1. The Bertz CT molecular complexity index is 2120. The molecule has 5 aromatic rings. The van der Waals surface area contributed by atoms with Crippen LogP contribution in [0.25, 0.3) is 44.2 Å². The minimum atomic E-state index is -0.101. The normalized spacial score (nSPS) is 21.2. The number of carbonyl (C=O) groups is 2. The van der Waals surface area contributed by atoms with Gasteiger partial charge in [-0.3, -0.25) is 9.59 Å². The predicted octanol–water partition coefficient (Wildman–Crippen LogP) is 7.34. The summed E-state index contributed by atoms with van der Waals surface area (Å²) >= 11 is 0. The van der Waals surface area contributed by atoms with Gasteiger partial charge in [0.15, 0.2) is 0 Å². The molecule has 3 aromatic carbocycles. The van der Waals surface area contributed by atoms with Crippen LogP contribution in [0.3, 0.4) is 0 Å². The lowest BCUT2D eigenvalue weighted by Gasteiger charge is -2.23. The SMILES string of the molecule is CCCC(=O)N1C[C@@H](COC)C[C@H]1c1ncc(-c2ccc3c(c2)COc2cc4c(ccc5[nH]c([C@@H]6C[C@H](COC)CN6C(=O)CCC)nc54)cc2-3)[nH]1.